The average molecular weight is 337 g/mol. The molecular weight excluding hydrogens is 319 g/mol. The Balaban J connectivity index is 0.000000160. The molecule has 0 amide bonds. The number of rotatable bonds is 2. The van der Waals surface area contributed by atoms with Crippen LogP contribution in [-0.2, 0) is 17.1 Å². The molecule has 4 rings (SSSR count). The van der Waals surface area contributed by atoms with Crippen LogP contribution in [0.4, 0.5) is 0 Å². The fourth-order valence-corrected chi connectivity index (χ4v) is 2.44. The van der Waals surface area contributed by atoms with Crippen LogP contribution in [0.2, 0.25) is 0 Å². The van der Waals surface area contributed by atoms with Gasteiger partial charge in [-0.25, -0.2) is 0 Å². The van der Waals surface area contributed by atoms with Crippen LogP contribution in [0.3, 0.4) is 0 Å². The van der Waals surface area contributed by atoms with Crippen molar-refractivity contribution in [1.29, 1.82) is 0 Å². The molecule has 1 heteroatoms. The van der Waals surface area contributed by atoms with E-state index in [-0.39, 0.29) is 17.1 Å². The molecule has 2 aliphatic carbocycles. The van der Waals surface area contributed by atoms with Crippen molar-refractivity contribution in [2.24, 2.45) is 0 Å². The summed E-state index contributed by atoms with van der Waals surface area (Å²) in [5.74, 6) is 0. The first kappa shape index (κ1) is 17.3. The van der Waals surface area contributed by atoms with Gasteiger partial charge in [-0.1, -0.05) is 49.2 Å². The SMILES string of the molecule is [C-]1=C(c2ccccc2)C=CC1.[C-]1=C(c2ccccc2)C=CC1.[Mn+2]. The maximum atomic E-state index is 3.28. The second kappa shape index (κ2) is 9.15. The fourth-order valence-electron chi connectivity index (χ4n) is 2.44. The summed E-state index contributed by atoms with van der Waals surface area (Å²) < 4.78 is 0. The Morgan fingerprint density at radius 1 is 0.565 bits per heavy atom. The molecule has 0 atom stereocenters. The third-order valence-electron chi connectivity index (χ3n) is 3.56. The van der Waals surface area contributed by atoms with Crippen LogP contribution in [0.15, 0.2) is 85.0 Å². The molecule has 0 saturated carbocycles. The quantitative estimate of drug-likeness (QED) is 0.490. The molecule has 23 heavy (non-hydrogen) atoms. The molecule has 0 saturated heterocycles. The molecule has 0 aliphatic heterocycles. The van der Waals surface area contributed by atoms with E-state index in [1.54, 1.807) is 0 Å². The first-order chi connectivity index (χ1) is 10.9. The summed E-state index contributed by atoms with van der Waals surface area (Å²) in [6, 6.07) is 20.7. The van der Waals surface area contributed by atoms with E-state index < -0.39 is 0 Å². The Labute approximate surface area is 149 Å². The fraction of sp³-hybridized carbons (Fsp3) is 0.0909. The van der Waals surface area contributed by atoms with Gasteiger partial charge in [0, 0.05) is 0 Å². The largest absolute Gasteiger partial charge is 2.00 e. The molecule has 0 unspecified atom stereocenters. The standard InChI is InChI=1S/2C11H9.Mn/c2*1-2-6-10(7-3-1)11-8-4-5-9-11;/h2*1-4,6-8H,5H2;/q2*-1;+2. The summed E-state index contributed by atoms with van der Waals surface area (Å²) in [5, 5.41) is 0. The van der Waals surface area contributed by atoms with Crippen molar-refractivity contribution in [3.8, 4) is 0 Å². The Kier molecular flexibility index (Phi) is 6.87. The average Bonchev–Trinajstić information content (AvgIpc) is 3.31. The van der Waals surface area contributed by atoms with Crippen molar-refractivity contribution in [3.05, 3.63) is 108 Å². The third-order valence-corrected chi connectivity index (χ3v) is 3.56. The molecular formula is C22H18Mn. The molecule has 0 nitrogen and oxygen atoms in total. The van der Waals surface area contributed by atoms with Gasteiger partial charge in [-0.05, 0) is 0 Å². The van der Waals surface area contributed by atoms with E-state index in [1.807, 2.05) is 12.1 Å². The predicted octanol–water partition coefficient (Wildman–Crippen LogP) is 5.66. The van der Waals surface area contributed by atoms with E-state index in [9.17, 15) is 0 Å². The van der Waals surface area contributed by atoms with Crippen LogP contribution in [0.5, 0.6) is 0 Å². The van der Waals surface area contributed by atoms with Crippen molar-refractivity contribution in [2.45, 2.75) is 12.8 Å². The summed E-state index contributed by atoms with van der Waals surface area (Å²) in [5.41, 5.74) is 4.98. The first-order valence-electron chi connectivity index (χ1n) is 7.59. The predicted molar refractivity (Wildman–Crippen MR) is 93.7 cm³/mol. The molecule has 2 aromatic carbocycles. The van der Waals surface area contributed by atoms with Crippen molar-refractivity contribution in [1.82, 2.24) is 0 Å². The van der Waals surface area contributed by atoms with Gasteiger partial charge in [0.15, 0.2) is 0 Å². The summed E-state index contributed by atoms with van der Waals surface area (Å²) in [6.07, 6.45) is 17.0. The van der Waals surface area contributed by atoms with E-state index in [2.05, 4.69) is 85.0 Å². The third kappa shape index (κ3) is 4.96. The van der Waals surface area contributed by atoms with E-state index >= 15 is 0 Å². The number of hydrogen-bond donors (Lipinski definition) is 0. The van der Waals surface area contributed by atoms with Crippen molar-refractivity contribution in [3.63, 3.8) is 0 Å². The van der Waals surface area contributed by atoms with E-state index in [0.29, 0.717) is 0 Å². The van der Waals surface area contributed by atoms with E-state index in [4.69, 9.17) is 0 Å². The van der Waals surface area contributed by atoms with Crippen molar-refractivity contribution in [2.75, 3.05) is 0 Å². The second-order valence-corrected chi connectivity index (χ2v) is 5.13. The van der Waals surface area contributed by atoms with Crippen LogP contribution in [0, 0.1) is 12.2 Å². The molecule has 2 aliphatic rings. The van der Waals surface area contributed by atoms with Gasteiger partial charge in [0.2, 0.25) is 0 Å². The van der Waals surface area contributed by atoms with Crippen LogP contribution in [0.1, 0.15) is 24.0 Å². The molecule has 0 heterocycles. The first-order valence-corrected chi connectivity index (χ1v) is 7.59. The van der Waals surface area contributed by atoms with Crippen molar-refractivity contribution < 1.29 is 17.1 Å². The van der Waals surface area contributed by atoms with Gasteiger partial charge in [0.25, 0.3) is 0 Å². The van der Waals surface area contributed by atoms with Crippen molar-refractivity contribution >= 4 is 11.1 Å². The maximum Gasteiger partial charge on any atom is 2.00 e. The zero-order valence-electron chi connectivity index (χ0n) is 12.9. The Bertz CT molecular complexity index is 654. The smallest absolute Gasteiger partial charge is 0.197 e. The molecule has 2 aromatic rings. The molecule has 0 spiro atoms. The van der Waals surface area contributed by atoms with E-state index in [1.165, 1.54) is 22.3 Å². The molecule has 1 radical (unpaired) electrons. The minimum absolute atomic E-state index is 0. The Morgan fingerprint density at radius 3 is 1.26 bits per heavy atom. The zero-order valence-corrected chi connectivity index (χ0v) is 14.1. The Morgan fingerprint density at radius 2 is 0.957 bits per heavy atom. The van der Waals surface area contributed by atoms with Gasteiger partial charge in [-0.15, -0.1) is 47.5 Å². The molecule has 0 fully saturated rings. The molecule has 0 bridgehead atoms. The van der Waals surface area contributed by atoms with E-state index in [0.717, 1.165) is 12.8 Å². The number of hydrogen-bond acceptors (Lipinski definition) is 0. The van der Waals surface area contributed by atoms with Crippen LogP contribution in [-0.4, -0.2) is 0 Å². The summed E-state index contributed by atoms with van der Waals surface area (Å²) in [6.45, 7) is 0. The normalized spacial score (nSPS) is 14.4. The summed E-state index contributed by atoms with van der Waals surface area (Å²) >= 11 is 0. The minimum atomic E-state index is 0. The number of allylic oxidation sites excluding steroid dienone is 8. The number of benzene rings is 2. The topological polar surface area (TPSA) is 0 Å². The molecule has 0 aromatic heterocycles. The van der Waals surface area contributed by atoms with Crippen LogP contribution >= 0.6 is 0 Å². The van der Waals surface area contributed by atoms with Gasteiger partial charge in [-0.3, -0.25) is 0 Å². The Hall–Kier alpha value is -2.08. The van der Waals surface area contributed by atoms with Gasteiger partial charge >= 0.3 is 17.1 Å². The van der Waals surface area contributed by atoms with Crippen LogP contribution < -0.4 is 0 Å². The zero-order chi connectivity index (χ0) is 15.0. The monoisotopic (exact) mass is 337 g/mol. The van der Waals surface area contributed by atoms with Gasteiger partial charge in [0.1, 0.15) is 0 Å². The molecule has 113 valence electrons. The second-order valence-electron chi connectivity index (χ2n) is 5.13. The molecule has 0 N–H and O–H groups in total. The summed E-state index contributed by atoms with van der Waals surface area (Å²) in [7, 11) is 0. The van der Waals surface area contributed by atoms with Crippen LogP contribution in [0.25, 0.3) is 11.1 Å². The van der Waals surface area contributed by atoms with Gasteiger partial charge in [-0.2, -0.15) is 35.5 Å². The minimum Gasteiger partial charge on any atom is -0.197 e. The summed E-state index contributed by atoms with van der Waals surface area (Å²) in [4.78, 5) is 0. The maximum absolute atomic E-state index is 3.28. The van der Waals surface area contributed by atoms with Gasteiger partial charge < -0.3 is 0 Å². The van der Waals surface area contributed by atoms with Gasteiger partial charge in [0.05, 0.1) is 0 Å².